The van der Waals surface area contributed by atoms with Crippen LogP contribution in [-0.2, 0) is 9.47 Å². The molecule has 2 atom stereocenters. The van der Waals surface area contributed by atoms with Gasteiger partial charge in [-0.3, -0.25) is 4.98 Å². The summed E-state index contributed by atoms with van der Waals surface area (Å²) >= 11 is 5.43. The van der Waals surface area contributed by atoms with Crippen LogP contribution in [0.1, 0.15) is 61.1 Å². The van der Waals surface area contributed by atoms with Crippen molar-refractivity contribution in [3.63, 3.8) is 0 Å². The fourth-order valence-electron chi connectivity index (χ4n) is 4.36. The number of nitrogens with zero attached hydrogens (tertiary/aromatic N) is 6. The first-order valence-electron chi connectivity index (χ1n) is 15.0. The highest BCUT2D eigenvalue weighted by Crippen LogP contribution is 2.21. The van der Waals surface area contributed by atoms with Crippen molar-refractivity contribution in [2.75, 3.05) is 44.2 Å². The van der Waals surface area contributed by atoms with Crippen molar-refractivity contribution in [3.05, 3.63) is 57.5 Å². The number of pyridine rings is 2. The summed E-state index contributed by atoms with van der Waals surface area (Å²) in [5.41, 5.74) is 1.28. The number of hydrogen-bond donors (Lipinski definition) is 1. The quantitative estimate of drug-likeness (QED) is 0.318. The summed E-state index contributed by atoms with van der Waals surface area (Å²) in [5, 5.41) is 13.7. The lowest BCUT2D eigenvalue weighted by molar-refractivity contribution is -0.389. The lowest BCUT2D eigenvalue weighted by atomic mass is 10.1. The van der Waals surface area contributed by atoms with Crippen molar-refractivity contribution < 1.29 is 24.0 Å². The molecule has 2 saturated heterocycles. The van der Waals surface area contributed by atoms with Crippen LogP contribution in [0, 0.1) is 17.0 Å². The van der Waals surface area contributed by atoms with Crippen molar-refractivity contribution in [3.8, 4) is 0 Å². The Morgan fingerprint density at radius 2 is 1.51 bits per heavy atom. The fourth-order valence-corrected chi connectivity index (χ4v) is 4.48. The largest absolute Gasteiger partial charge is 0.444 e. The fraction of sp³-hybridized carbons (Fsp3) is 0.613. The van der Waals surface area contributed by atoms with Crippen LogP contribution in [0.4, 0.5) is 21.1 Å². The van der Waals surface area contributed by atoms with E-state index >= 15 is 0 Å². The van der Waals surface area contributed by atoms with E-state index in [2.05, 4.69) is 40.1 Å². The minimum Gasteiger partial charge on any atom is -0.444 e. The second kappa shape index (κ2) is 16.6. The van der Waals surface area contributed by atoms with Gasteiger partial charge in [0.15, 0.2) is 6.20 Å². The average molecular weight is 650 g/mol. The molecule has 0 saturated carbocycles. The van der Waals surface area contributed by atoms with Gasteiger partial charge in [-0.25, -0.2) is 9.59 Å². The molecular weight excluding hydrogens is 602 g/mol. The Hall–Kier alpha value is -3.71. The van der Waals surface area contributed by atoms with Gasteiger partial charge in [-0.15, -0.1) is 0 Å². The second-order valence-corrected chi connectivity index (χ2v) is 13.4. The van der Waals surface area contributed by atoms with Crippen molar-refractivity contribution in [2.24, 2.45) is 0 Å². The van der Waals surface area contributed by atoms with Gasteiger partial charge in [0, 0.05) is 63.1 Å². The average Bonchev–Trinajstić information content (AvgIpc) is 2.93. The number of amides is 2. The second-order valence-electron chi connectivity index (χ2n) is 13.0. The van der Waals surface area contributed by atoms with E-state index in [0.717, 1.165) is 37.6 Å². The molecule has 250 valence electrons. The molecule has 45 heavy (non-hydrogen) atoms. The number of rotatable bonds is 2. The normalized spacial score (nSPS) is 18.5. The van der Waals surface area contributed by atoms with Crippen molar-refractivity contribution in [1.82, 2.24) is 25.1 Å². The van der Waals surface area contributed by atoms with Crippen molar-refractivity contribution >= 4 is 35.3 Å². The lowest BCUT2D eigenvalue weighted by Gasteiger charge is -2.41. The third-order valence-electron chi connectivity index (χ3n) is 6.43. The Bertz CT molecular complexity index is 1250. The van der Waals surface area contributed by atoms with Gasteiger partial charge in [-0.1, -0.05) is 11.6 Å². The molecule has 2 amide bonds. The number of aryl methyl sites for hydroxylation is 1. The van der Waals surface area contributed by atoms with Gasteiger partial charge in [0.1, 0.15) is 11.2 Å². The number of aromatic nitrogens is 2. The van der Waals surface area contributed by atoms with E-state index in [-0.39, 0.29) is 24.0 Å². The zero-order valence-corrected chi connectivity index (χ0v) is 28.6. The first kappa shape index (κ1) is 37.5. The van der Waals surface area contributed by atoms with Crippen molar-refractivity contribution in [2.45, 2.75) is 85.6 Å². The number of hydrogen-bond acceptors (Lipinski definition) is 10. The van der Waals surface area contributed by atoms with Crippen LogP contribution in [0.3, 0.4) is 0 Å². The molecule has 13 nitrogen and oxygen atoms in total. The molecule has 0 spiro atoms. The van der Waals surface area contributed by atoms with Gasteiger partial charge < -0.3 is 39.6 Å². The maximum atomic E-state index is 12.1. The van der Waals surface area contributed by atoms with Crippen LogP contribution < -0.4 is 10.2 Å². The van der Waals surface area contributed by atoms with E-state index in [1.165, 1.54) is 18.3 Å². The summed E-state index contributed by atoms with van der Waals surface area (Å²) in [6.07, 6.45) is 2.70. The van der Waals surface area contributed by atoms with Crippen LogP contribution >= 0.6 is 11.6 Å². The van der Waals surface area contributed by atoms with E-state index in [0.29, 0.717) is 24.2 Å². The number of nitrogens with one attached hydrogen (secondary N) is 1. The predicted octanol–water partition coefficient (Wildman–Crippen LogP) is 5.69. The minimum atomic E-state index is -0.573. The number of piperazine rings is 2. The van der Waals surface area contributed by atoms with Crippen LogP contribution in [-0.4, -0.2) is 99.4 Å². The molecule has 14 heteroatoms. The molecule has 2 fully saturated rings. The van der Waals surface area contributed by atoms with Gasteiger partial charge in [0.25, 0.3) is 0 Å². The number of carbonyl (C=O) groups excluding carboxylic acids is 2. The van der Waals surface area contributed by atoms with Gasteiger partial charge in [0.2, 0.25) is 0 Å². The monoisotopic (exact) mass is 649 g/mol. The molecule has 0 aliphatic carbocycles. The number of halogens is 1. The molecular formula is C31H48ClN7O6. The van der Waals surface area contributed by atoms with Gasteiger partial charge in [-0.2, -0.15) is 0 Å². The predicted molar refractivity (Wildman–Crippen MR) is 175 cm³/mol. The van der Waals surface area contributed by atoms with Gasteiger partial charge >= 0.3 is 18.0 Å². The third-order valence-corrected chi connectivity index (χ3v) is 6.65. The third kappa shape index (κ3) is 13.9. The Morgan fingerprint density at radius 3 is 1.96 bits per heavy atom. The van der Waals surface area contributed by atoms with Crippen LogP contribution in [0.15, 0.2) is 36.7 Å². The zero-order valence-electron chi connectivity index (χ0n) is 27.9. The Kier molecular flexibility index (Phi) is 13.8. The topological polar surface area (TPSA) is 143 Å². The van der Waals surface area contributed by atoms with E-state index in [4.69, 9.17) is 21.1 Å². The molecule has 2 aliphatic heterocycles. The Morgan fingerprint density at radius 1 is 0.911 bits per heavy atom. The molecule has 1 N–H and O–H groups in total. The van der Waals surface area contributed by atoms with E-state index in [1.54, 1.807) is 9.80 Å². The highest BCUT2D eigenvalue weighted by atomic mass is 35.5. The number of carbonyl (C=O) groups is 2. The van der Waals surface area contributed by atoms with Crippen molar-refractivity contribution in [1.29, 1.82) is 0 Å². The first-order valence-corrected chi connectivity index (χ1v) is 15.4. The molecule has 0 unspecified atom stereocenters. The molecule has 2 aliphatic rings. The van der Waals surface area contributed by atoms with Gasteiger partial charge in [-0.05, 0) is 90.4 Å². The zero-order chi connectivity index (χ0) is 33.9. The first-order chi connectivity index (χ1) is 20.8. The summed E-state index contributed by atoms with van der Waals surface area (Å²) in [7, 11) is 0. The number of nitro groups is 1. The Labute approximate surface area is 271 Å². The summed E-state index contributed by atoms with van der Waals surface area (Å²) < 4.78 is 10.7. The van der Waals surface area contributed by atoms with Gasteiger partial charge in [0.05, 0.1) is 16.9 Å². The van der Waals surface area contributed by atoms with Crippen LogP contribution in [0.5, 0.6) is 0 Å². The number of ether oxygens (including phenoxy) is 2. The summed E-state index contributed by atoms with van der Waals surface area (Å²) in [6, 6.07) is 7.38. The van der Waals surface area contributed by atoms with Crippen LogP contribution in [0.2, 0.25) is 5.02 Å². The van der Waals surface area contributed by atoms with E-state index < -0.39 is 16.1 Å². The standard InChI is InChI=1S/C16H25N3O2.C10H20N2O2.C5H3ClN2O2/c1-12-6-7-14(10-17-12)19-9-8-18(11-13(19)2)15(20)21-16(3,4)5;1-8-7-12(6-5-11-8)9(13)14-10(2,3)4;6-4-1-2-5(7-3-4)8(9)10/h6-7,10,13H,8-9,11H2,1-5H3;8,11H,5-7H2,1-4H3;1-3H/t13-;8-;/m00./s1. The van der Waals surface area contributed by atoms with E-state index in [9.17, 15) is 19.7 Å². The summed E-state index contributed by atoms with van der Waals surface area (Å²) in [6.45, 7) is 22.0. The molecule has 2 aromatic rings. The minimum absolute atomic E-state index is 0.190. The molecule has 0 bridgehead atoms. The highest BCUT2D eigenvalue weighted by molar-refractivity contribution is 6.30. The molecule has 2 aromatic heterocycles. The summed E-state index contributed by atoms with van der Waals surface area (Å²) in [5.74, 6) is -0.190. The molecule has 4 rings (SSSR count). The molecule has 0 aromatic carbocycles. The lowest BCUT2D eigenvalue weighted by Crippen LogP contribution is -2.54. The molecule has 4 heterocycles. The molecule has 0 radical (unpaired) electrons. The highest BCUT2D eigenvalue weighted by Gasteiger charge is 2.30. The maximum absolute atomic E-state index is 12.1. The van der Waals surface area contributed by atoms with E-state index in [1.807, 2.05) is 60.7 Å². The summed E-state index contributed by atoms with van der Waals surface area (Å²) in [4.78, 5) is 46.8. The van der Waals surface area contributed by atoms with Crippen LogP contribution in [0.25, 0.3) is 0 Å². The SMILES string of the molecule is C[C@H]1CN(C(=O)OC(C)(C)C)CCN1.Cc1ccc(N2CCN(C(=O)OC(C)(C)C)C[C@@H]2C)cn1.O=[N+]([O-])c1ccc(Cl)cn1. The Balaban J connectivity index is 0.000000254. The number of anilines is 1. The smallest absolute Gasteiger partial charge is 0.410 e. The maximum Gasteiger partial charge on any atom is 0.410 e.